The lowest BCUT2D eigenvalue weighted by Gasteiger charge is -2.11. The number of anilines is 2. The number of H-pyrrole nitrogens is 1. The number of aromatic amines is 1. The number of amides is 2. The first kappa shape index (κ1) is 22.5. The van der Waals surface area contributed by atoms with Crippen LogP contribution in [0.25, 0.3) is 11.3 Å². The summed E-state index contributed by atoms with van der Waals surface area (Å²) in [6, 6.07) is 14.3. The van der Waals surface area contributed by atoms with Gasteiger partial charge in [-0.15, -0.1) is 0 Å². The van der Waals surface area contributed by atoms with Crippen LogP contribution in [0.15, 0.2) is 66.5 Å². The number of hydrogen-bond acceptors (Lipinski definition) is 5. The van der Waals surface area contributed by atoms with E-state index in [0.29, 0.717) is 22.4 Å². The Balaban J connectivity index is 1.64. The lowest BCUT2D eigenvalue weighted by atomic mass is 10.0. The third kappa shape index (κ3) is 5.90. The summed E-state index contributed by atoms with van der Waals surface area (Å²) >= 11 is 10.0. The molecule has 0 aliphatic rings. The topological polar surface area (TPSA) is 113 Å². The molecular weight excluding hydrogens is 434 g/mol. The monoisotopic (exact) mass is 455 g/mol. The highest BCUT2D eigenvalue weighted by atomic mass is 35.5. The fourth-order valence-electron chi connectivity index (χ4n) is 2.81. The Kier molecular flexibility index (Phi) is 7.38. The van der Waals surface area contributed by atoms with E-state index in [9.17, 15) is 9.59 Å². The van der Waals surface area contributed by atoms with Gasteiger partial charge in [-0.25, -0.2) is 4.98 Å². The minimum Gasteiger partial charge on any atom is -0.395 e. The van der Waals surface area contributed by atoms with E-state index in [-0.39, 0.29) is 23.4 Å². The number of aromatic nitrogens is 2. The summed E-state index contributed by atoms with van der Waals surface area (Å²) in [5, 5.41) is 6.07. The van der Waals surface area contributed by atoms with Crippen LogP contribution in [0.5, 0.6) is 0 Å². The van der Waals surface area contributed by atoms with Crippen LogP contribution < -0.4 is 16.4 Å². The summed E-state index contributed by atoms with van der Waals surface area (Å²) in [4.78, 5) is 31.8. The number of nitrogens with one attached hydrogen (secondary N) is 3. The van der Waals surface area contributed by atoms with Gasteiger partial charge in [-0.05, 0) is 48.4 Å². The van der Waals surface area contributed by atoms with Gasteiger partial charge in [-0.3, -0.25) is 14.9 Å². The van der Waals surface area contributed by atoms with Gasteiger partial charge in [0, 0.05) is 16.5 Å². The zero-order valence-electron chi connectivity index (χ0n) is 16.7. The number of hydrogen-bond donors (Lipinski definition) is 5. The van der Waals surface area contributed by atoms with Crippen LogP contribution in [0.1, 0.15) is 18.4 Å². The second-order valence-corrected chi connectivity index (χ2v) is 7.59. The van der Waals surface area contributed by atoms with Crippen molar-refractivity contribution in [1.29, 1.82) is 0 Å². The Hall–Kier alpha value is -3.23. The number of imidazole rings is 1. The number of halogens is 1. The van der Waals surface area contributed by atoms with E-state index in [4.69, 9.17) is 17.3 Å². The Morgan fingerprint density at radius 3 is 2.65 bits per heavy atom. The molecule has 7 nitrogen and oxygen atoms in total. The zero-order valence-corrected chi connectivity index (χ0v) is 18.4. The average molecular weight is 456 g/mol. The molecule has 31 heavy (non-hydrogen) atoms. The van der Waals surface area contributed by atoms with Crippen molar-refractivity contribution >= 4 is 47.7 Å². The third-order valence-corrected chi connectivity index (χ3v) is 5.00. The van der Waals surface area contributed by atoms with Crippen LogP contribution in [0.4, 0.5) is 11.6 Å². The quantitative estimate of drug-likeness (QED) is 0.271. The van der Waals surface area contributed by atoms with Crippen molar-refractivity contribution in [3.8, 4) is 11.3 Å². The molecule has 1 atom stereocenters. The largest absolute Gasteiger partial charge is 0.395 e. The number of carbonyl (C=O) groups excluding carboxylic acids is 2. The zero-order chi connectivity index (χ0) is 22.4. The summed E-state index contributed by atoms with van der Waals surface area (Å²) in [6.07, 6.45) is 3.15. The first-order valence-corrected chi connectivity index (χ1v) is 10.5. The molecule has 0 aliphatic heterocycles. The average Bonchev–Trinajstić information content (AvgIpc) is 3.22. The maximum Gasteiger partial charge on any atom is 0.271 e. The van der Waals surface area contributed by atoms with Crippen LogP contribution in [-0.2, 0) is 9.59 Å². The van der Waals surface area contributed by atoms with Crippen LogP contribution in [0, 0.1) is 0 Å². The Labute approximate surface area is 190 Å². The summed E-state index contributed by atoms with van der Waals surface area (Å²) in [5.41, 5.74) is 8.75. The molecule has 2 amide bonds. The summed E-state index contributed by atoms with van der Waals surface area (Å²) in [6.45, 7) is 1.80. The van der Waals surface area contributed by atoms with Crippen LogP contribution >= 0.6 is 24.2 Å². The fraction of sp³-hybridized carbons (Fsp3) is 0.136. The van der Waals surface area contributed by atoms with Crippen LogP contribution in [-0.4, -0.2) is 27.5 Å². The number of nitrogens with zero attached hydrogens (tertiary/aromatic N) is 1. The van der Waals surface area contributed by atoms with Gasteiger partial charge in [0.25, 0.3) is 5.91 Å². The molecule has 0 aliphatic carbocycles. The predicted molar refractivity (Wildman–Crippen MR) is 127 cm³/mol. The Morgan fingerprint density at radius 2 is 1.97 bits per heavy atom. The number of rotatable bonds is 7. The first-order valence-electron chi connectivity index (χ1n) is 9.47. The number of carbonyl (C=O) groups is 2. The van der Waals surface area contributed by atoms with Crippen molar-refractivity contribution in [3.05, 3.63) is 77.1 Å². The standard InChI is InChI=1S/C22H22ClN5O2S/c1-13(15-3-2-4-16(23)11-15)20(29)28-22-25-12-19(27-22)14-5-7-17(8-6-14)26-21(30)18(24)9-10-31/h2-9,11-13,31H,10,24H2,1H3,(H,26,30)(H2,25,27,28,29)/b18-9-. The third-order valence-electron chi connectivity index (χ3n) is 4.59. The molecule has 0 radical (unpaired) electrons. The van der Waals surface area contributed by atoms with Crippen molar-refractivity contribution < 1.29 is 9.59 Å². The van der Waals surface area contributed by atoms with Gasteiger partial charge in [0.15, 0.2) is 0 Å². The van der Waals surface area contributed by atoms with Crippen molar-refractivity contribution in [2.24, 2.45) is 5.73 Å². The van der Waals surface area contributed by atoms with Gasteiger partial charge in [-0.1, -0.05) is 35.9 Å². The summed E-state index contributed by atoms with van der Waals surface area (Å²) in [7, 11) is 0. The van der Waals surface area contributed by atoms with E-state index in [2.05, 4.69) is 33.2 Å². The van der Waals surface area contributed by atoms with E-state index in [0.717, 1.165) is 16.8 Å². The molecule has 0 saturated heterocycles. The van der Waals surface area contributed by atoms with E-state index in [1.54, 1.807) is 37.4 Å². The maximum atomic E-state index is 12.5. The minimum atomic E-state index is -0.390. The lowest BCUT2D eigenvalue weighted by molar-refractivity contribution is -0.117. The van der Waals surface area contributed by atoms with Gasteiger partial charge >= 0.3 is 0 Å². The van der Waals surface area contributed by atoms with Crippen LogP contribution in [0.2, 0.25) is 5.02 Å². The highest BCUT2D eigenvalue weighted by molar-refractivity contribution is 7.80. The highest BCUT2D eigenvalue weighted by Gasteiger charge is 2.17. The second-order valence-electron chi connectivity index (χ2n) is 6.78. The molecule has 2 aromatic carbocycles. The van der Waals surface area contributed by atoms with Crippen molar-refractivity contribution in [2.45, 2.75) is 12.8 Å². The number of benzene rings is 2. The van der Waals surface area contributed by atoms with Crippen molar-refractivity contribution in [3.63, 3.8) is 0 Å². The lowest BCUT2D eigenvalue weighted by Crippen LogP contribution is -2.20. The highest BCUT2D eigenvalue weighted by Crippen LogP contribution is 2.23. The normalized spacial score (nSPS) is 12.3. The van der Waals surface area contributed by atoms with E-state index < -0.39 is 0 Å². The van der Waals surface area contributed by atoms with Crippen LogP contribution in [0.3, 0.4) is 0 Å². The fourth-order valence-corrected chi connectivity index (χ4v) is 3.21. The molecule has 1 heterocycles. The molecule has 9 heteroatoms. The first-order chi connectivity index (χ1) is 14.9. The Morgan fingerprint density at radius 1 is 1.23 bits per heavy atom. The van der Waals surface area contributed by atoms with Gasteiger partial charge in [0.2, 0.25) is 11.9 Å². The molecule has 1 aromatic heterocycles. The SMILES string of the molecule is CC(C(=O)Nc1ncc(-c2ccc(NC(=O)/C(N)=C/CS)cc2)[nH]1)c1cccc(Cl)c1. The smallest absolute Gasteiger partial charge is 0.271 e. The number of nitrogens with two attached hydrogens (primary N) is 1. The molecule has 0 bridgehead atoms. The predicted octanol–water partition coefficient (Wildman–Crippen LogP) is 4.18. The minimum absolute atomic E-state index is 0.111. The molecule has 0 fully saturated rings. The van der Waals surface area contributed by atoms with Gasteiger partial charge in [0.05, 0.1) is 23.5 Å². The Bertz CT molecular complexity index is 1110. The van der Waals surface area contributed by atoms with E-state index in [1.165, 1.54) is 6.08 Å². The van der Waals surface area contributed by atoms with E-state index in [1.807, 2.05) is 24.3 Å². The summed E-state index contributed by atoms with van der Waals surface area (Å²) < 4.78 is 0. The molecule has 1 unspecified atom stereocenters. The van der Waals surface area contributed by atoms with Gasteiger partial charge in [-0.2, -0.15) is 12.6 Å². The van der Waals surface area contributed by atoms with Crippen molar-refractivity contribution in [2.75, 3.05) is 16.4 Å². The molecule has 0 spiro atoms. The molecule has 160 valence electrons. The molecule has 3 aromatic rings. The molecule has 5 N–H and O–H groups in total. The van der Waals surface area contributed by atoms with Crippen molar-refractivity contribution in [1.82, 2.24) is 9.97 Å². The van der Waals surface area contributed by atoms with Gasteiger partial charge in [0.1, 0.15) is 0 Å². The second kappa shape index (κ2) is 10.2. The summed E-state index contributed by atoms with van der Waals surface area (Å²) in [5.74, 6) is -0.250. The maximum absolute atomic E-state index is 12.5. The molecule has 3 rings (SSSR count). The molecular formula is C22H22ClN5O2S. The van der Waals surface area contributed by atoms with E-state index >= 15 is 0 Å². The molecule has 0 saturated carbocycles. The van der Waals surface area contributed by atoms with Gasteiger partial charge < -0.3 is 16.0 Å². The number of thiol groups is 1.